The Balaban J connectivity index is 0. The molecule has 0 aliphatic rings. The second-order valence-electron chi connectivity index (χ2n) is 3.00. The summed E-state index contributed by atoms with van der Waals surface area (Å²) >= 11 is 0. The number of carbonyl (C=O) groups is 1. The molecule has 0 fully saturated rings. The summed E-state index contributed by atoms with van der Waals surface area (Å²) in [6, 6.07) is 0. The van der Waals surface area contributed by atoms with Crippen molar-refractivity contribution in [3.05, 3.63) is 0 Å². The molecule has 5 unspecified atom stereocenters. The Morgan fingerprint density at radius 1 is 0.938 bits per heavy atom. The van der Waals surface area contributed by atoms with Crippen LogP contribution < -0.4 is 0 Å². The Bertz CT molecular complexity index is 213. The Labute approximate surface area is 101 Å². The maximum absolute atomic E-state index is 10.2. The summed E-state index contributed by atoms with van der Waals surface area (Å²) in [7, 11) is 0. The Morgan fingerprint density at radius 3 is 1.69 bits per heavy atom. The maximum atomic E-state index is 10.2. The molecule has 1 radical (unpaired) electrons. The van der Waals surface area contributed by atoms with Gasteiger partial charge in [-0.2, -0.15) is 0 Å². The smallest absolute Gasteiger partial charge is 0.479 e. The molecule has 9 heteroatoms. The molecule has 8 nitrogen and oxygen atoms in total. The van der Waals surface area contributed by atoms with Crippen molar-refractivity contribution in [1.29, 1.82) is 0 Å². The molecule has 0 rings (SSSR count). The molecule has 0 heterocycles. The minimum Gasteiger partial charge on any atom is -0.479 e. The molecule has 0 saturated heterocycles. The van der Waals surface area contributed by atoms with E-state index in [1.165, 1.54) is 0 Å². The van der Waals surface area contributed by atoms with Crippen LogP contribution in [-0.4, -0.2) is 78.8 Å². The Kier molecular flexibility index (Phi) is 8.98. The van der Waals surface area contributed by atoms with Crippen molar-refractivity contribution >= 4 is 5.97 Å². The van der Waals surface area contributed by atoms with Crippen LogP contribution in [0.1, 0.15) is 0 Å². The van der Waals surface area contributed by atoms with Crippen LogP contribution in [0.5, 0.6) is 0 Å². The first-order valence-electron chi connectivity index (χ1n) is 4.07. The van der Waals surface area contributed by atoms with E-state index >= 15 is 0 Å². The molecule has 0 aliphatic carbocycles. The summed E-state index contributed by atoms with van der Waals surface area (Å²) in [6.07, 6.45) is -10.2. The van der Waals surface area contributed by atoms with E-state index in [4.69, 9.17) is 35.7 Å². The summed E-state index contributed by atoms with van der Waals surface area (Å²) < 4.78 is 0. The van der Waals surface area contributed by atoms with Gasteiger partial charge in [-0.25, -0.2) is 4.79 Å². The molecule has 99 valence electrons. The van der Waals surface area contributed by atoms with Crippen molar-refractivity contribution in [1.82, 2.24) is 0 Å². The van der Waals surface area contributed by atoms with Gasteiger partial charge in [-0.3, -0.25) is 0 Å². The monoisotopic (exact) mass is 289 g/mol. The zero-order valence-corrected chi connectivity index (χ0v) is 8.88. The zero-order valence-electron chi connectivity index (χ0n) is 7.93. The Hall–Kier alpha value is -0.251. The summed E-state index contributed by atoms with van der Waals surface area (Å²) in [6.45, 7) is -0.881. The van der Waals surface area contributed by atoms with Crippen LogP contribution in [0.15, 0.2) is 0 Å². The number of carboxylic acids is 1. The minimum atomic E-state index is -2.29. The quantitative estimate of drug-likeness (QED) is 0.243. The molecule has 0 aromatic rings. The van der Waals surface area contributed by atoms with Crippen molar-refractivity contribution < 1.29 is 57.6 Å². The molecule has 0 amide bonds. The first-order chi connectivity index (χ1) is 6.82. The van der Waals surface area contributed by atoms with Gasteiger partial charge in [-0.05, 0) is 0 Å². The van der Waals surface area contributed by atoms with E-state index in [0.29, 0.717) is 0 Å². The van der Waals surface area contributed by atoms with Crippen molar-refractivity contribution in [3.63, 3.8) is 0 Å². The molecule has 0 saturated carbocycles. The number of carboxylic acid groups (broad SMARTS) is 1. The summed E-state index contributed by atoms with van der Waals surface area (Å²) in [5.41, 5.74) is 0. The second-order valence-corrected chi connectivity index (χ2v) is 3.00. The molecule has 0 bridgehead atoms. The predicted octanol–water partition coefficient (Wildman–Crippen LogP) is -4.13. The SMILES string of the molecule is O=C(O)C(O)C(O)C(O)C(O)C(O)CO.[Cu+2]. The molecular weight excluding hydrogens is 276 g/mol. The van der Waals surface area contributed by atoms with E-state index in [0.717, 1.165) is 0 Å². The van der Waals surface area contributed by atoms with E-state index in [-0.39, 0.29) is 17.1 Å². The third-order valence-corrected chi connectivity index (χ3v) is 1.86. The fourth-order valence-electron chi connectivity index (χ4n) is 0.870. The molecule has 16 heavy (non-hydrogen) atoms. The number of hydrogen-bond acceptors (Lipinski definition) is 7. The number of rotatable bonds is 6. The summed E-state index contributed by atoms with van der Waals surface area (Å²) in [4.78, 5) is 10.2. The van der Waals surface area contributed by atoms with Gasteiger partial charge in [0.25, 0.3) is 0 Å². The fourth-order valence-corrected chi connectivity index (χ4v) is 0.870. The van der Waals surface area contributed by atoms with Crippen LogP contribution in [-0.2, 0) is 21.9 Å². The van der Waals surface area contributed by atoms with E-state index in [1.54, 1.807) is 0 Å². The normalized spacial score (nSPS) is 20.1. The van der Waals surface area contributed by atoms with Crippen LogP contribution in [0.2, 0.25) is 0 Å². The van der Waals surface area contributed by atoms with Gasteiger partial charge < -0.3 is 35.7 Å². The molecular formula is C7H14CuO8+2. The van der Waals surface area contributed by atoms with Crippen LogP contribution in [0, 0.1) is 0 Å². The van der Waals surface area contributed by atoms with Gasteiger partial charge in [0.2, 0.25) is 0 Å². The number of aliphatic hydroxyl groups is 6. The zero-order chi connectivity index (χ0) is 12.2. The molecule has 0 aromatic heterocycles. The van der Waals surface area contributed by atoms with Crippen molar-refractivity contribution in [3.8, 4) is 0 Å². The van der Waals surface area contributed by atoms with Crippen molar-refractivity contribution in [2.45, 2.75) is 30.5 Å². The third-order valence-electron chi connectivity index (χ3n) is 1.86. The average molecular weight is 290 g/mol. The van der Waals surface area contributed by atoms with Gasteiger partial charge in [0.05, 0.1) is 6.61 Å². The van der Waals surface area contributed by atoms with E-state index in [1.807, 2.05) is 0 Å². The van der Waals surface area contributed by atoms with Crippen LogP contribution in [0.25, 0.3) is 0 Å². The standard InChI is InChI=1S/C7H14O8.Cu/c8-1-2(9)3(10)4(11)5(12)6(13)7(14)15;/h2-6,8-13H,1H2,(H,14,15);/q;+2. The largest absolute Gasteiger partial charge is 2.00 e. The van der Waals surface area contributed by atoms with Gasteiger partial charge in [0.1, 0.15) is 24.4 Å². The van der Waals surface area contributed by atoms with Crippen molar-refractivity contribution in [2.75, 3.05) is 6.61 Å². The van der Waals surface area contributed by atoms with Crippen molar-refractivity contribution in [2.24, 2.45) is 0 Å². The van der Waals surface area contributed by atoms with E-state index < -0.39 is 43.1 Å². The topological polar surface area (TPSA) is 159 Å². The van der Waals surface area contributed by atoms with E-state index in [2.05, 4.69) is 0 Å². The number of aliphatic carboxylic acids is 1. The molecule has 7 N–H and O–H groups in total. The first-order valence-corrected chi connectivity index (χ1v) is 4.07. The fraction of sp³-hybridized carbons (Fsp3) is 0.857. The predicted molar refractivity (Wildman–Crippen MR) is 44.8 cm³/mol. The second kappa shape index (κ2) is 7.93. The first kappa shape index (κ1) is 18.1. The third kappa shape index (κ3) is 4.72. The minimum absolute atomic E-state index is 0. The molecule has 5 atom stereocenters. The van der Waals surface area contributed by atoms with Crippen LogP contribution in [0.3, 0.4) is 0 Å². The average Bonchev–Trinajstić information content (AvgIpc) is 2.23. The molecule has 0 aliphatic heterocycles. The van der Waals surface area contributed by atoms with Gasteiger partial charge >= 0.3 is 23.0 Å². The number of aliphatic hydroxyl groups excluding tert-OH is 6. The maximum Gasteiger partial charge on any atom is 2.00 e. The summed E-state index contributed by atoms with van der Waals surface area (Å²) in [5.74, 6) is -1.78. The van der Waals surface area contributed by atoms with E-state index in [9.17, 15) is 4.79 Å². The van der Waals surface area contributed by atoms with Crippen LogP contribution in [0.4, 0.5) is 0 Å². The number of hydrogen-bond donors (Lipinski definition) is 7. The summed E-state index contributed by atoms with van der Waals surface area (Å²) in [5, 5.41) is 61.5. The van der Waals surface area contributed by atoms with Gasteiger partial charge in [0, 0.05) is 0 Å². The van der Waals surface area contributed by atoms with Crippen LogP contribution >= 0.6 is 0 Å². The van der Waals surface area contributed by atoms with Gasteiger partial charge in [-0.1, -0.05) is 0 Å². The van der Waals surface area contributed by atoms with Gasteiger partial charge in [-0.15, -0.1) is 0 Å². The molecule has 0 spiro atoms. The molecule has 0 aromatic carbocycles. The van der Waals surface area contributed by atoms with Gasteiger partial charge in [0.15, 0.2) is 6.10 Å². The Morgan fingerprint density at radius 2 is 1.38 bits per heavy atom.